The first kappa shape index (κ1) is 27.4. The lowest BCUT2D eigenvalue weighted by atomic mass is 9.85. The number of nitriles is 1. The first-order valence-electron chi connectivity index (χ1n) is 12.6. The van der Waals surface area contributed by atoms with Crippen LogP contribution in [-0.4, -0.2) is 34.7 Å². The molecule has 7 nitrogen and oxygen atoms in total. The van der Waals surface area contributed by atoms with E-state index in [1.54, 1.807) is 42.6 Å². The van der Waals surface area contributed by atoms with Gasteiger partial charge in [0.15, 0.2) is 0 Å². The highest BCUT2D eigenvalue weighted by Crippen LogP contribution is 2.37. The number of carbonyl (C=O) groups excluding carboxylic acids is 1. The van der Waals surface area contributed by atoms with Crippen LogP contribution in [0.3, 0.4) is 0 Å². The van der Waals surface area contributed by atoms with Crippen molar-refractivity contribution in [1.82, 2.24) is 10.3 Å². The van der Waals surface area contributed by atoms with Gasteiger partial charge in [0.05, 0.1) is 22.8 Å². The third-order valence-electron chi connectivity index (χ3n) is 6.25. The Bertz CT molecular complexity index is 1360. The minimum atomic E-state index is -0.330. The molecule has 4 rings (SSSR count). The highest BCUT2D eigenvalue weighted by molar-refractivity contribution is 6.32. The van der Waals surface area contributed by atoms with Gasteiger partial charge in [-0.2, -0.15) is 5.26 Å². The zero-order valence-corrected chi connectivity index (χ0v) is 23.1. The van der Waals surface area contributed by atoms with E-state index in [0.717, 1.165) is 5.56 Å². The van der Waals surface area contributed by atoms with E-state index in [2.05, 4.69) is 16.4 Å². The van der Waals surface area contributed by atoms with Crippen LogP contribution in [0.5, 0.6) is 17.4 Å². The smallest absolute Gasteiger partial charge is 0.251 e. The lowest BCUT2D eigenvalue weighted by molar-refractivity contribution is -0.162. The van der Waals surface area contributed by atoms with Gasteiger partial charge in [0.2, 0.25) is 5.88 Å². The second-order valence-corrected chi connectivity index (χ2v) is 11.0. The molecule has 2 heterocycles. The van der Waals surface area contributed by atoms with Crippen molar-refractivity contribution in [2.45, 2.75) is 64.7 Å². The first-order valence-corrected chi connectivity index (χ1v) is 13.0. The van der Waals surface area contributed by atoms with E-state index in [4.69, 9.17) is 25.8 Å². The van der Waals surface area contributed by atoms with Crippen molar-refractivity contribution < 1.29 is 19.0 Å². The highest BCUT2D eigenvalue weighted by atomic mass is 35.5. The summed E-state index contributed by atoms with van der Waals surface area (Å²) in [6, 6.07) is 16.0. The lowest BCUT2D eigenvalue weighted by Gasteiger charge is -2.45. The molecule has 1 fully saturated rings. The summed E-state index contributed by atoms with van der Waals surface area (Å²) in [5.74, 6) is 0.963. The minimum Gasteiger partial charge on any atom is -0.478 e. The third-order valence-corrected chi connectivity index (χ3v) is 6.55. The number of nitrogens with zero attached hydrogens (tertiary/aromatic N) is 2. The van der Waals surface area contributed by atoms with Gasteiger partial charge in [-0.3, -0.25) is 4.79 Å². The third kappa shape index (κ3) is 6.45. The maximum atomic E-state index is 13.0. The number of hydrogen-bond donors (Lipinski definition) is 1. The van der Waals surface area contributed by atoms with Gasteiger partial charge in [-0.15, -0.1) is 0 Å². The molecule has 0 atom stereocenters. The second kappa shape index (κ2) is 11.0. The quantitative estimate of drug-likeness (QED) is 0.354. The summed E-state index contributed by atoms with van der Waals surface area (Å²) < 4.78 is 17.7. The maximum absolute atomic E-state index is 13.0. The number of ether oxygens (including phenoxy) is 3. The van der Waals surface area contributed by atoms with Gasteiger partial charge >= 0.3 is 0 Å². The number of aromatic nitrogens is 1. The molecule has 1 N–H and O–H groups in total. The Kier molecular flexibility index (Phi) is 7.96. The van der Waals surface area contributed by atoms with Crippen molar-refractivity contribution in [2.24, 2.45) is 0 Å². The fourth-order valence-electron chi connectivity index (χ4n) is 5.08. The van der Waals surface area contributed by atoms with Crippen LogP contribution in [0.2, 0.25) is 5.02 Å². The average molecular weight is 534 g/mol. The number of carbonyl (C=O) groups is 1. The molecule has 1 aliphatic heterocycles. The second-order valence-electron chi connectivity index (χ2n) is 10.6. The Labute approximate surface area is 228 Å². The summed E-state index contributed by atoms with van der Waals surface area (Å²) in [4.78, 5) is 17.2. The number of pyridine rings is 1. The van der Waals surface area contributed by atoms with Gasteiger partial charge < -0.3 is 19.5 Å². The molecule has 0 spiro atoms. The van der Waals surface area contributed by atoms with E-state index in [-0.39, 0.29) is 28.2 Å². The van der Waals surface area contributed by atoms with Gasteiger partial charge in [0, 0.05) is 29.4 Å². The number of benzene rings is 2. The Morgan fingerprint density at radius 3 is 2.53 bits per heavy atom. The van der Waals surface area contributed by atoms with Gasteiger partial charge in [-0.05, 0) is 83.4 Å². The molecule has 1 amide bonds. The molecule has 0 saturated carbocycles. The van der Waals surface area contributed by atoms with Crippen LogP contribution in [0.15, 0.2) is 54.7 Å². The van der Waals surface area contributed by atoms with Crippen LogP contribution in [0.25, 0.3) is 11.1 Å². The standard InChI is InChI=1S/C30H32ClN3O4/c1-6-36-27-15-19(12-13-33-27)22-8-7-9-25(23(22)18-32)37-26-11-10-20(14-24(26)31)28(35)34-21-16-29(2,3)38-30(4,5)17-21/h7-15,21H,6,16-17H2,1-5H3,(H,34,35). The van der Waals surface area contributed by atoms with Crippen molar-refractivity contribution >= 4 is 17.5 Å². The van der Waals surface area contributed by atoms with Gasteiger partial charge in [0.25, 0.3) is 5.91 Å². The maximum Gasteiger partial charge on any atom is 0.251 e. The van der Waals surface area contributed by atoms with Crippen molar-refractivity contribution in [3.63, 3.8) is 0 Å². The molecule has 1 aliphatic rings. The van der Waals surface area contributed by atoms with Gasteiger partial charge in [0.1, 0.15) is 23.1 Å². The van der Waals surface area contributed by atoms with E-state index in [9.17, 15) is 10.1 Å². The highest BCUT2D eigenvalue weighted by Gasteiger charge is 2.39. The number of halogens is 1. The van der Waals surface area contributed by atoms with Gasteiger partial charge in [-0.1, -0.05) is 23.7 Å². The summed E-state index contributed by atoms with van der Waals surface area (Å²) >= 11 is 6.53. The summed E-state index contributed by atoms with van der Waals surface area (Å²) in [5, 5.41) is 13.3. The molecular formula is C30H32ClN3O4. The van der Waals surface area contributed by atoms with E-state index in [1.807, 2.05) is 46.8 Å². The first-order chi connectivity index (χ1) is 18.0. The summed E-state index contributed by atoms with van der Waals surface area (Å²) in [5.41, 5.74) is 1.58. The zero-order valence-electron chi connectivity index (χ0n) is 22.3. The van der Waals surface area contributed by atoms with Crippen molar-refractivity contribution in [3.8, 4) is 34.6 Å². The summed E-state index contributed by atoms with van der Waals surface area (Å²) in [6.07, 6.45) is 3.07. The van der Waals surface area contributed by atoms with E-state index >= 15 is 0 Å². The van der Waals surface area contributed by atoms with Crippen LogP contribution in [0.1, 0.15) is 63.4 Å². The number of nitrogens with one attached hydrogen (secondary N) is 1. The number of rotatable bonds is 7. The normalized spacial score (nSPS) is 16.3. The van der Waals surface area contributed by atoms with Crippen LogP contribution >= 0.6 is 11.6 Å². The predicted molar refractivity (Wildman–Crippen MR) is 147 cm³/mol. The van der Waals surface area contributed by atoms with E-state index in [0.29, 0.717) is 53.5 Å². The lowest BCUT2D eigenvalue weighted by Crippen LogP contribution is -2.52. The largest absolute Gasteiger partial charge is 0.478 e. The molecule has 1 saturated heterocycles. The molecule has 3 aromatic rings. The molecule has 0 bridgehead atoms. The molecule has 2 aromatic carbocycles. The molecule has 198 valence electrons. The molecule has 1 aromatic heterocycles. The molecule has 0 aliphatic carbocycles. The molecule has 8 heteroatoms. The fraction of sp³-hybridized carbons (Fsp3) is 0.367. The van der Waals surface area contributed by atoms with Crippen LogP contribution < -0.4 is 14.8 Å². The van der Waals surface area contributed by atoms with Gasteiger partial charge in [-0.25, -0.2) is 4.98 Å². The van der Waals surface area contributed by atoms with Crippen molar-refractivity contribution in [3.05, 3.63) is 70.9 Å². The summed E-state index contributed by atoms with van der Waals surface area (Å²) in [7, 11) is 0. The molecule has 38 heavy (non-hydrogen) atoms. The SMILES string of the molecule is CCOc1cc(-c2cccc(Oc3ccc(C(=O)NC4CC(C)(C)OC(C)(C)C4)cc3Cl)c2C#N)ccn1. The zero-order chi connectivity index (χ0) is 27.5. The van der Waals surface area contributed by atoms with Crippen molar-refractivity contribution in [2.75, 3.05) is 6.61 Å². The van der Waals surface area contributed by atoms with E-state index < -0.39 is 0 Å². The topological polar surface area (TPSA) is 93.5 Å². The van der Waals surface area contributed by atoms with Crippen LogP contribution in [-0.2, 0) is 4.74 Å². The Morgan fingerprint density at radius 1 is 1.13 bits per heavy atom. The van der Waals surface area contributed by atoms with Crippen molar-refractivity contribution in [1.29, 1.82) is 5.26 Å². The molecule has 0 unspecified atom stereocenters. The van der Waals surface area contributed by atoms with Crippen LogP contribution in [0, 0.1) is 11.3 Å². The number of hydrogen-bond acceptors (Lipinski definition) is 6. The van der Waals surface area contributed by atoms with Crippen LogP contribution in [0.4, 0.5) is 0 Å². The Morgan fingerprint density at radius 2 is 1.87 bits per heavy atom. The molecular weight excluding hydrogens is 502 g/mol. The Balaban J connectivity index is 1.54. The minimum absolute atomic E-state index is 0.0201. The Hall–Kier alpha value is -3.60. The monoisotopic (exact) mass is 533 g/mol. The molecule has 0 radical (unpaired) electrons. The summed E-state index contributed by atoms with van der Waals surface area (Å²) in [6.45, 7) is 10.5. The average Bonchev–Trinajstić information content (AvgIpc) is 2.83. The van der Waals surface area contributed by atoms with E-state index in [1.165, 1.54) is 0 Å². The number of amides is 1. The fourth-order valence-corrected chi connectivity index (χ4v) is 5.30. The predicted octanol–water partition coefficient (Wildman–Crippen LogP) is 6.93.